The molecular formula is C11H22N2O5S. The number of amides is 1. The molecule has 1 saturated heterocycles. The van der Waals surface area contributed by atoms with E-state index in [9.17, 15) is 13.2 Å². The summed E-state index contributed by atoms with van der Waals surface area (Å²) in [5.41, 5.74) is -0.541. The predicted octanol–water partition coefficient (Wildman–Crippen LogP) is 0.172. The molecule has 1 aliphatic heterocycles. The molecule has 1 atom stereocenters. The second-order valence-electron chi connectivity index (χ2n) is 5.57. The SMILES string of the molecule is CC(C)(C)OC(=O)N1CCNC(COS(C)(=O)=O)C1. The maximum absolute atomic E-state index is 11.9. The molecule has 1 N–H and O–H groups in total. The molecule has 0 radical (unpaired) electrons. The normalized spacial score (nSPS) is 21.3. The van der Waals surface area contributed by atoms with E-state index in [0.29, 0.717) is 19.6 Å². The number of ether oxygens (including phenoxy) is 1. The Morgan fingerprint density at radius 1 is 1.42 bits per heavy atom. The summed E-state index contributed by atoms with van der Waals surface area (Å²) < 4.78 is 31.8. The van der Waals surface area contributed by atoms with E-state index in [4.69, 9.17) is 8.92 Å². The van der Waals surface area contributed by atoms with Crippen LogP contribution in [-0.4, -0.2) is 63.6 Å². The molecule has 0 aromatic carbocycles. The second kappa shape index (κ2) is 6.06. The molecule has 1 fully saturated rings. The van der Waals surface area contributed by atoms with Crippen LogP contribution in [0.1, 0.15) is 20.8 Å². The molecule has 7 nitrogen and oxygen atoms in total. The average Bonchev–Trinajstić information content (AvgIpc) is 2.23. The van der Waals surface area contributed by atoms with Gasteiger partial charge in [-0.15, -0.1) is 0 Å². The number of nitrogens with zero attached hydrogens (tertiary/aromatic N) is 1. The van der Waals surface area contributed by atoms with Gasteiger partial charge in [0.2, 0.25) is 0 Å². The van der Waals surface area contributed by atoms with Crippen molar-refractivity contribution in [1.29, 1.82) is 0 Å². The van der Waals surface area contributed by atoms with Crippen LogP contribution < -0.4 is 5.32 Å². The first kappa shape index (κ1) is 16.2. The molecule has 8 heteroatoms. The number of carbonyl (C=O) groups excluding carboxylic acids is 1. The summed E-state index contributed by atoms with van der Waals surface area (Å²) >= 11 is 0. The summed E-state index contributed by atoms with van der Waals surface area (Å²) in [6.07, 6.45) is 0.611. The summed E-state index contributed by atoms with van der Waals surface area (Å²) in [7, 11) is -3.46. The quantitative estimate of drug-likeness (QED) is 0.747. The molecule has 0 aliphatic carbocycles. The summed E-state index contributed by atoms with van der Waals surface area (Å²) in [6.45, 7) is 6.90. The van der Waals surface area contributed by atoms with E-state index in [1.807, 2.05) is 0 Å². The summed E-state index contributed by atoms with van der Waals surface area (Å²) in [6, 6.07) is -0.212. The lowest BCUT2D eigenvalue weighted by atomic mass is 10.2. The lowest BCUT2D eigenvalue weighted by molar-refractivity contribution is 0.0180. The number of hydrogen-bond acceptors (Lipinski definition) is 6. The molecule has 0 spiro atoms. The van der Waals surface area contributed by atoms with Gasteiger partial charge in [-0.3, -0.25) is 4.18 Å². The number of piperazine rings is 1. The van der Waals surface area contributed by atoms with Crippen LogP contribution in [0.4, 0.5) is 4.79 Å². The smallest absolute Gasteiger partial charge is 0.410 e. The molecule has 112 valence electrons. The van der Waals surface area contributed by atoms with Gasteiger partial charge >= 0.3 is 6.09 Å². The molecule has 0 aromatic heterocycles. The fourth-order valence-corrected chi connectivity index (χ4v) is 2.05. The topological polar surface area (TPSA) is 84.9 Å². The fraction of sp³-hybridized carbons (Fsp3) is 0.909. The maximum Gasteiger partial charge on any atom is 0.410 e. The zero-order chi connectivity index (χ0) is 14.7. The highest BCUT2D eigenvalue weighted by molar-refractivity contribution is 7.85. The summed E-state index contributed by atoms with van der Waals surface area (Å²) in [4.78, 5) is 13.4. The second-order valence-corrected chi connectivity index (χ2v) is 7.21. The molecule has 1 heterocycles. The Morgan fingerprint density at radius 2 is 2.05 bits per heavy atom. The Morgan fingerprint density at radius 3 is 2.58 bits per heavy atom. The van der Waals surface area contributed by atoms with Gasteiger partial charge in [0.05, 0.1) is 12.9 Å². The molecule has 1 unspecified atom stereocenters. The summed E-state index contributed by atoms with van der Waals surface area (Å²) in [5, 5.41) is 3.10. The first-order valence-corrected chi connectivity index (χ1v) is 7.94. The molecule has 0 saturated carbocycles. The number of rotatable bonds is 3. The van der Waals surface area contributed by atoms with E-state index in [0.717, 1.165) is 6.26 Å². The van der Waals surface area contributed by atoms with Crippen molar-refractivity contribution in [2.75, 3.05) is 32.5 Å². The van der Waals surface area contributed by atoms with Crippen molar-refractivity contribution in [3.05, 3.63) is 0 Å². The van der Waals surface area contributed by atoms with E-state index >= 15 is 0 Å². The zero-order valence-electron chi connectivity index (χ0n) is 11.8. The van der Waals surface area contributed by atoms with Crippen LogP contribution in [0.5, 0.6) is 0 Å². The Balaban J connectivity index is 2.48. The zero-order valence-corrected chi connectivity index (χ0v) is 12.6. The van der Waals surface area contributed by atoms with Gasteiger partial charge in [0, 0.05) is 25.7 Å². The van der Waals surface area contributed by atoms with E-state index in [-0.39, 0.29) is 12.6 Å². The van der Waals surface area contributed by atoms with Gasteiger partial charge < -0.3 is 15.0 Å². The van der Waals surface area contributed by atoms with Crippen LogP contribution in [0, 0.1) is 0 Å². The van der Waals surface area contributed by atoms with Crippen LogP contribution >= 0.6 is 0 Å². The molecule has 0 aromatic rings. The van der Waals surface area contributed by atoms with Crippen LogP contribution in [-0.2, 0) is 19.0 Å². The van der Waals surface area contributed by atoms with Gasteiger partial charge in [-0.25, -0.2) is 4.79 Å². The Hall–Kier alpha value is -0.860. The van der Waals surface area contributed by atoms with Crippen LogP contribution in [0.2, 0.25) is 0 Å². The first-order valence-electron chi connectivity index (χ1n) is 6.12. The minimum atomic E-state index is -3.46. The molecule has 1 amide bonds. The minimum absolute atomic E-state index is 0.0120. The molecule has 19 heavy (non-hydrogen) atoms. The highest BCUT2D eigenvalue weighted by Gasteiger charge is 2.27. The Bertz CT molecular complexity index is 415. The molecule has 0 bridgehead atoms. The Kier molecular flexibility index (Phi) is 5.17. The van der Waals surface area contributed by atoms with E-state index in [1.165, 1.54) is 0 Å². The van der Waals surface area contributed by atoms with E-state index < -0.39 is 21.8 Å². The van der Waals surface area contributed by atoms with Crippen molar-refractivity contribution >= 4 is 16.2 Å². The fourth-order valence-electron chi connectivity index (χ4n) is 1.64. The monoisotopic (exact) mass is 294 g/mol. The first-order chi connectivity index (χ1) is 8.57. The van der Waals surface area contributed by atoms with Crippen molar-refractivity contribution in [3.8, 4) is 0 Å². The van der Waals surface area contributed by atoms with Gasteiger partial charge in [0.15, 0.2) is 0 Å². The van der Waals surface area contributed by atoms with Gasteiger partial charge in [-0.1, -0.05) is 0 Å². The van der Waals surface area contributed by atoms with Crippen LogP contribution in [0.15, 0.2) is 0 Å². The van der Waals surface area contributed by atoms with Crippen molar-refractivity contribution in [3.63, 3.8) is 0 Å². The predicted molar refractivity (Wildman–Crippen MR) is 70.4 cm³/mol. The average molecular weight is 294 g/mol. The third-order valence-electron chi connectivity index (χ3n) is 2.39. The van der Waals surface area contributed by atoms with Gasteiger partial charge in [0.25, 0.3) is 10.1 Å². The number of nitrogens with one attached hydrogen (secondary N) is 1. The number of carbonyl (C=O) groups is 1. The van der Waals surface area contributed by atoms with E-state index in [2.05, 4.69) is 5.32 Å². The largest absolute Gasteiger partial charge is 0.444 e. The van der Waals surface area contributed by atoms with Gasteiger partial charge in [0.1, 0.15) is 5.60 Å². The van der Waals surface area contributed by atoms with Gasteiger partial charge in [-0.2, -0.15) is 8.42 Å². The van der Waals surface area contributed by atoms with E-state index in [1.54, 1.807) is 25.7 Å². The van der Waals surface area contributed by atoms with Crippen molar-refractivity contribution in [1.82, 2.24) is 10.2 Å². The Labute approximate surface area is 114 Å². The lowest BCUT2D eigenvalue weighted by Gasteiger charge is -2.34. The maximum atomic E-state index is 11.9. The highest BCUT2D eigenvalue weighted by Crippen LogP contribution is 2.11. The van der Waals surface area contributed by atoms with Crippen molar-refractivity contribution in [2.45, 2.75) is 32.4 Å². The third-order valence-corrected chi connectivity index (χ3v) is 2.95. The lowest BCUT2D eigenvalue weighted by Crippen LogP contribution is -2.55. The molecular weight excluding hydrogens is 272 g/mol. The molecule has 1 rings (SSSR count). The van der Waals surface area contributed by atoms with Crippen LogP contribution in [0.25, 0.3) is 0 Å². The summed E-state index contributed by atoms with van der Waals surface area (Å²) in [5.74, 6) is 0. The van der Waals surface area contributed by atoms with Gasteiger partial charge in [-0.05, 0) is 20.8 Å². The molecule has 1 aliphatic rings. The third kappa shape index (κ3) is 6.74. The minimum Gasteiger partial charge on any atom is -0.444 e. The van der Waals surface area contributed by atoms with Crippen molar-refractivity contribution < 1.29 is 22.1 Å². The highest BCUT2D eigenvalue weighted by atomic mass is 32.2. The number of hydrogen-bond donors (Lipinski definition) is 1. The standard InChI is InChI=1S/C11H22N2O5S/c1-11(2,3)18-10(14)13-6-5-12-9(7-13)8-17-19(4,15)16/h9,12H,5-8H2,1-4H3. The van der Waals surface area contributed by atoms with Crippen molar-refractivity contribution in [2.24, 2.45) is 0 Å². The van der Waals surface area contributed by atoms with Crippen LogP contribution in [0.3, 0.4) is 0 Å².